The van der Waals surface area contributed by atoms with Crippen molar-refractivity contribution in [2.24, 2.45) is 5.92 Å². The van der Waals surface area contributed by atoms with Crippen LogP contribution in [0, 0.1) is 5.92 Å². The van der Waals surface area contributed by atoms with E-state index in [2.05, 4.69) is 57.7 Å². The smallest absolute Gasteiger partial charge is 0.224 e. The highest BCUT2D eigenvalue weighted by Gasteiger charge is 2.35. The number of fused-ring (bicyclic) bond motifs is 1. The van der Waals surface area contributed by atoms with E-state index in [1.807, 2.05) is 18.3 Å². The van der Waals surface area contributed by atoms with E-state index in [0.717, 1.165) is 37.9 Å². The molecule has 3 aromatic rings. The molecule has 1 saturated heterocycles. The van der Waals surface area contributed by atoms with Crippen molar-refractivity contribution in [2.45, 2.75) is 31.8 Å². The first-order valence-electron chi connectivity index (χ1n) is 10.9. The molecule has 0 radical (unpaired) electrons. The Morgan fingerprint density at radius 3 is 2.80 bits per heavy atom. The minimum Gasteiger partial charge on any atom is -0.383 e. The van der Waals surface area contributed by atoms with E-state index in [4.69, 9.17) is 4.74 Å². The van der Waals surface area contributed by atoms with Crippen LogP contribution in [-0.4, -0.2) is 48.6 Å². The van der Waals surface area contributed by atoms with Crippen LogP contribution in [0.5, 0.6) is 0 Å². The van der Waals surface area contributed by atoms with Gasteiger partial charge >= 0.3 is 0 Å². The van der Waals surface area contributed by atoms with Gasteiger partial charge in [-0.3, -0.25) is 9.69 Å². The second kappa shape index (κ2) is 9.92. The van der Waals surface area contributed by atoms with Crippen molar-refractivity contribution >= 4 is 16.8 Å². The molecule has 2 aromatic carbocycles. The Morgan fingerprint density at radius 2 is 1.97 bits per heavy atom. The maximum atomic E-state index is 13.1. The summed E-state index contributed by atoms with van der Waals surface area (Å²) in [5, 5.41) is 4.43. The highest BCUT2D eigenvalue weighted by atomic mass is 16.5. The zero-order chi connectivity index (χ0) is 20.8. The number of aromatic amines is 1. The fourth-order valence-corrected chi connectivity index (χ4v) is 4.63. The van der Waals surface area contributed by atoms with Crippen molar-refractivity contribution in [1.29, 1.82) is 0 Å². The van der Waals surface area contributed by atoms with Crippen LogP contribution in [0.3, 0.4) is 0 Å². The Labute approximate surface area is 178 Å². The number of methoxy groups -OCH3 is 1. The van der Waals surface area contributed by atoms with Crippen molar-refractivity contribution in [3.8, 4) is 0 Å². The van der Waals surface area contributed by atoms with Gasteiger partial charge in [-0.15, -0.1) is 0 Å². The van der Waals surface area contributed by atoms with Crippen molar-refractivity contribution in [3.63, 3.8) is 0 Å². The molecule has 0 aliphatic carbocycles. The van der Waals surface area contributed by atoms with E-state index in [1.54, 1.807) is 7.11 Å². The maximum absolute atomic E-state index is 13.1. The number of H-pyrrole nitrogens is 1. The molecule has 0 bridgehead atoms. The number of piperidine rings is 1. The van der Waals surface area contributed by atoms with Gasteiger partial charge in [0.05, 0.1) is 12.5 Å². The van der Waals surface area contributed by atoms with Gasteiger partial charge in [-0.05, 0) is 43.0 Å². The first kappa shape index (κ1) is 20.6. The van der Waals surface area contributed by atoms with E-state index >= 15 is 0 Å². The monoisotopic (exact) mass is 405 g/mol. The molecule has 30 heavy (non-hydrogen) atoms. The predicted molar refractivity (Wildman–Crippen MR) is 120 cm³/mol. The Morgan fingerprint density at radius 1 is 1.17 bits per heavy atom. The number of rotatable bonds is 8. The molecule has 4 rings (SSSR count). The van der Waals surface area contributed by atoms with Gasteiger partial charge < -0.3 is 15.0 Å². The Bertz CT molecular complexity index is 953. The predicted octanol–water partition coefficient (Wildman–Crippen LogP) is 3.75. The van der Waals surface area contributed by atoms with Gasteiger partial charge in [0.1, 0.15) is 0 Å². The number of benzene rings is 2. The average molecular weight is 406 g/mol. The Kier molecular flexibility index (Phi) is 6.82. The summed E-state index contributed by atoms with van der Waals surface area (Å²) in [6, 6.07) is 18.9. The normalized spacial score (nSPS) is 19.8. The first-order valence-corrected chi connectivity index (χ1v) is 10.9. The average Bonchev–Trinajstić information content (AvgIpc) is 3.19. The number of hydrogen-bond acceptors (Lipinski definition) is 3. The fourth-order valence-electron chi connectivity index (χ4n) is 4.63. The number of carbonyl (C=O) groups excluding carboxylic acids is 1. The SMILES string of the molecule is COC[C@@H]1[C@H](C(=O)NCCc2c[nH]c3ccccc23)CCCN1Cc1ccccc1. The minimum absolute atomic E-state index is 0.0367. The van der Waals surface area contributed by atoms with Gasteiger partial charge in [-0.1, -0.05) is 48.5 Å². The van der Waals surface area contributed by atoms with Gasteiger partial charge in [-0.25, -0.2) is 0 Å². The largest absolute Gasteiger partial charge is 0.383 e. The van der Waals surface area contributed by atoms with Crippen LogP contribution in [-0.2, 0) is 22.5 Å². The summed E-state index contributed by atoms with van der Waals surface area (Å²) in [5.74, 6) is 0.111. The molecular weight excluding hydrogens is 374 g/mol. The third-order valence-electron chi connectivity index (χ3n) is 6.17. The van der Waals surface area contributed by atoms with Crippen LogP contribution in [0.2, 0.25) is 0 Å². The van der Waals surface area contributed by atoms with Crippen LogP contribution in [0.1, 0.15) is 24.0 Å². The number of ether oxygens (including phenoxy) is 1. The second-order valence-electron chi connectivity index (χ2n) is 8.13. The number of carbonyl (C=O) groups is 1. The molecule has 5 nitrogen and oxygen atoms in total. The molecule has 5 heteroatoms. The van der Waals surface area contributed by atoms with E-state index in [9.17, 15) is 4.79 Å². The lowest BCUT2D eigenvalue weighted by Gasteiger charge is -2.40. The molecule has 158 valence electrons. The number of hydrogen-bond donors (Lipinski definition) is 2. The molecule has 2 N–H and O–H groups in total. The summed E-state index contributed by atoms with van der Waals surface area (Å²) in [7, 11) is 1.72. The molecule has 1 amide bonds. The van der Waals surface area contributed by atoms with Crippen LogP contribution < -0.4 is 5.32 Å². The molecule has 2 atom stereocenters. The lowest BCUT2D eigenvalue weighted by Crippen LogP contribution is -2.52. The summed E-state index contributed by atoms with van der Waals surface area (Å²) < 4.78 is 5.52. The summed E-state index contributed by atoms with van der Waals surface area (Å²) in [5.41, 5.74) is 3.66. The zero-order valence-corrected chi connectivity index (χ0v) is 17.6. The van der Waals surface area contributed by atoms with Crippen LogP contribution in [0.4, 0.5) is 0 Å². The number of aromatic nitrogens is 1. The Balaban J connectivity index is 1.37. The van der Waals surface area contributed by atoms with Crippen LogP contribution >= 0.6 is 0 Å². The van der Waals surface area contributed by atoms with Gasteiger partial charge in [0.2, 0.25) is 5.91 Å². The summed E-state index contributed by atoms with van der Waals surface area (Å²) >= 11 is 0. The molecule has 2 heterocycles. The van der Waals surface area contributed by atoms with Crippen LogP contribution in [0.25, 0.3) is 10.9 Å². The molecule has 1 fully saturated rings. The summed E-state index contributed by atoms with van der Waals surface area (Å²) in [6.07, 6.45) is 4.82. The standard InChI is InChI=1S/C25H31N3O2/c1-30-18-24-22(11-7-15-28(24)17-19-8-3-2-4-9-19)25(29)26-14-13-20-16-27-23-12-6-5-10-21(20)23/h2-6,8-10,12,16,22,24,27H,7,11,13-15,17-18H2,1H3,(H,26,29)/t22-,24-/m1/s1. The number of nitrogens with zero attached hydrogens (tertiary/aromatic N) is 1. The third-order valence-corrected chi connectivity index (χ3v) is 6.17. The Hall–Kier alpha value is -2.63. The van der Waals surface area contributed by atoms with Crippen molar-refractivity contribution < 1.29 is 9.53 Å². The number of para-hydroxylation sites is 1. The first-order chi connectivity index (χ1) is 14.8. The van der Waals surface area contributed by atoms with E-state index in [1.165, 1.54) is 16.5 Å². The molecule has 0 spiro atoms. The molecule has 1 aliphatic rings. The summed E-state index contributed by atoms with van der Waals surface area (Å²) in [6.45, 7) is 3.08. The zero-order valence-electron chi connectivity index (χ0n) is 17.6. The lowest BCUT2D eigenvalue weighted by molar-refractivity contribution is -0.130. The summed E-state index contributed by atoms with van der Waals surface area (Å²) in [4.78, 5) is 18.8. The number of amides is 1. The third kappa shape index (κ3) is 4.74. The van der Waals surface area contributed by atoms with Gasteiger partial charge in [0, 0.05) is 43.3 Å². The topological polar surface area (TPSA) is 57.4 Å². The number of nitrogens with one attached hydrogen (secondary N) is 2. The van der Waals surface area contributed by atoms with E-state index in [-0.39, 0.29) is 17.9 Å². The molecule has 1 aromatic heterocycles. The molecule has 1 aliphatic heterocycles. The second-order valence-corrected chi connectivity index (χ2v) is 8.13. The van der Waals surface area contributed by atoms with Gasteiger partial charge in [0.15, 0.2) is 0 Å². The number of likely N-dealkylation sites (tertiary alicyclic amines) is 1. The van der Waals surface area contributed by atoms with E-state index < -0.39 is 0 Å². The molecule has 0 unspecified atom stereocenters. The van der Waals surface area contributed by atoms with Crippen molar-refractivity contribution in [3.05, 3.63) is 71.9 Å². The van der Waals surface area contributed by atoms with E-state index in [0.29, 0.717) is 13.2 Å². The lowest BCUT2D eigenvalue weighted by atomic mass is 9.88. The molecular formula is C25H31N3O2. The van der Waals surface area contributed by atoms with Crippen molar-refractivity contribution in [1.82, 2.24) is 15.2 Å². The molecule has 0 saturated carbocycles. The quantitative estimate of drug-likeness (QED) is 0.600. The van der Waals surface area contributed by atoms with Crippen molar-refractivity contribution in [2.75, 3.05) is 26.8 Å². The highest BCUT2D eigenvalue weighted by Crippen LogP contribution is 2.26. The minimum atomic E-state index is -0.0367. The van der Waals surface area contributed by atoms with Gasteiger partial charge in [-0.2, -0.15) is 0 Å². The maximum Gasteiger partial charge on any atom is 0.224 e. The fraction of sp³-hybridized carbons (Fsp3) is 0.400. The highest BCUT2D eigenvalue weighted by molar-refractivity contribution is 5.83. The van der Waals surface area contributed by atoms with Crippen LogP contribution in [0.15, 0.2) is 60.8 Å². The van der Waals surface area contributed by atoms with Gasteiger partial charge in [0.25, 0.3) is 0 Å².